The van der Waals surface area contributed by atoms with Gasteiger partial charge in [-0.05, 0) is 0 Å². The van der Waals surface area contributed by atoms with Gasteiger partial charge in [0.05, 0.1) is 0 Å². The molecule has 0 heterocycles. The van der Waals surface area contributed by atoms with Gasteiger partial charge in [-0.1, -0.05) is 0 Å². The highest BCUT2D eigenvalue weighted by Gasteiger charge is 2.23. The number of rotatable bonds is 4. The molecule has 0 spiro atoms. The average Bonchev–Trinajstić information content (AvgIpc) is 1.85. The Morgan fingerprint density at radius 2 is 2.20 bits per heavy atom. The Hall–Kier alpha value is -1.21. The molecule has 0 aliphatic heterocycles. The fourth-order valence-electron chi connectivity index (χ4n) is 0.182. The van der Waals surface area contributed by atoms with Crippen LogP contribution >= 0.6 is 0 Å². The van der Waals surface area contributed by atoms with Gasteiger partial charge in [0.2, 0.25) is 5.79 Å². The number of carbonyl (C=O) groups is 1. The van der Waals surface area contributed by atoms with Gasteiger partial charge in [-0.3, -0.25) is 4.79 Å². The van der Waals surface area contributed by atoms with E-state index in [1.54, 1.807) is 0 Å². The fourth-order valence-corrected chi connectivity index (χ4v) is 0.182. The Bertz CT molecular complexity index is 142. The van der Waals surface area contributed by atoms with E-state index in [0.29, 0.717) is 0 Å². The molecule has 10 heavy (non-hydrogen) atoms. The summed E-state index contributed by atoms with van der Waals surface area (Å²) >= 11 is 0. The van der Waals surface area contributed by atoms with E-state index in [0.717, 1.165) is 0 Å². The highest BCUT2D eigenvalue weighted by molar-refractivity contribution is 5.59. The van der Waals surface area contributed by atoms with Crippen LogP contribution in [0, 0.1) is 10.1 Å². The maximum atomic E-state index is 9.64. The van der Waals surface area contributed by atoms with Crippen LogP contribution in [0.4, 0.5) is 0 Å². The highest BCUT2D eigenvalue weighted by Crippen LogP contribution is 1.93. The SMILES string of the molecule is O=CC(O)(O)CO[N+](=O)[O-]. The third kappa shape index (κ3) is 3.75. The minimum absolute atomic E-state index is 0.267. The van der Waals surface area contributed by atoms with E-state index in [1.165, 1.54) is 0 Å². The molecule has 0 rings (SSSR count). The van der Waals surface area contributed by atoms with E-state index >= 15 is 0 Å². The molecule has 0 aromatic rings. The molecule has 58 valence electrons. The second-order valence-corrected chi connectivity index (χ2v) is 1.49. The lowest BCUT2D eigenvalue weighted by Gasteiger charge is -2.10. The highest BCUT2D eigenvalue weighted by atomic mass is 17.0. The smallest absolute Gasteiger partial charge is 0.294 e. The van der Waals surface area contributed by atoms with Crippen molar-refractivity contribution in [1.29, 1.82) is 0 Å². The lowest BCUT2D eigenvalue weighted by Crippen LogP contribution is -2.36. The van der Waals surface area contributed by atoms with E-state index < -0.39 is 17.5 Å². The average molecular weight is 151 g/mol. The van der Waals surface area contributed by atoms with Crippen LogP contribution in [0.3, 0.4) is 0 Å². The van der Waals surface area contributed by atoms with Gasteiger partial charge in [0, 0.05) is 0 Å². The molecule has 0 atom stereocenters. The van der Waals surface area contributed by atoms with Crippen molar-refractivity contribution in [2.75, 3.05) is 6.61 Å². The van der Waals surface area contributed by atoms with Crippen LogP contribution in [0.5, 0.6) is 0 Å². The largest absolute Gasteiger partial charge is 0.358 e. The first kappa shape index (κ1) is 8.79. The van der Waals surface area contributed by atoms with E-state index in [9.17, 15) is 14.9 Å². The van der Waals surface area contributed by atoms with Crippen LogP contribution in [-0.4, -0.2) is 34.0 Å². The number of carbonyl (C=O) groups excluding carboxylic acids is 1. The van der Waals surface area contributed by atoms with E-state index in [1.807, 2.05) is 0 Å². The minimum atomic E-state index is -2.77. The molecule has 7 nitrogen and oxygen atoms in total. The number of aliphatic hydroxyl groups is 2. The molecule has 0 saturated heterocycles. The van der Waals surface area contributed by atoms with E-state index in [4.69, 9.17) is 10.2 Å². The molecule has 0 aliphatic carbocycles. The fraction of sp³-hybridized carbons (Fsp3) is 0.667. The molecule has 0 aliphatic rings. The zero-order valence-electron chi connectivity index (χ0n) is 4.76. The summed E-state index contributed by atoms with van der Waals surface area (Å²) in [5.74, 6) is -2.77. The summed E-state index contributed by atoms with van der Waals surface area (Å²) in [5, 5.41) is 24.8. The van der Waals surface area contributed by atoms with Crippen molar-refractivity contribution in [3.63, 3.8) is 0 Å². The second-order valence-electron chi connectivity index (χ2n) is 1.49. The van der Waals surface area contributed by atoms with Crippen LogP contribution in [0.2, 0.25) is 0 Å². The molecule has 0 aromatic heterocycles. The normalized spacial score (nSPS) is 10.6. The van der Waals surface area contributed by atoms with Gasteiger partial charge in [-0.15, -0.1) is 10.1 Å². The summed E-state index contributed by atoms with van der Waals surface area (Å²) in [6.45, 7) is -1.08. The first-order valence-electron chi connectivity index (χ1n) is 2.16. The maximum Gasteiger partial charge on any atom is 0.294 e. The minimum Gasteiger partial charge on any atom is -0.358 e. The Morgan fingerprint density at radius 1 is 1.70 bits per heavy atom. The van der Waals surface area contributed by atoms with Gasteiger partial charge in [0.25, 0.3) is 5.09 Å². The number of hydrogen-bond acceptors (Lipinski definition) is 6. The topological polar surface area (TPSA) is 110 Å². The zero-order valence-corrected chi connectivity index (χ0v) is 4.76. The van der Waals surface area contributed by atoms with Crippen molar-refractivity contribution in [2.45, 2.75) is 5.79 Å². The van der Waals surface area contributed by atoms with Crippen LogP contribution < -0.4 is 0 Å². The summed E-state index contributed by atoms with van der Waals surface area (Å²) in [7, 11) is 0. The second kappa shape index (κ2) is 3.08. The van der Waals surface area contributed by atoms with Gasteiger partial charge in [0.1, 0.15) is 0 Å². The monoisotopic (exact) mass is 151 g/mol. The Morgan fingerprint density at radius 3 is 2.50 bits per heavy atom. The summed E-state index contributed by atoms with van der Waals surface area (Å²) in [6.07, 6.45) is -0.267. The Kier molecular flexibility index (Phi) is 2.71. The summed E-state index contributed by atoms with van der Waals surface area (Å²) in [5.41, 5.74) is 0. The van der Waals surface area contributed by atoms with Crippen molar-refractivity contribution in [3.8, 4) is 0 Å². The summed E-state index contributed by atoms with van der Waals surface area (Å²) in [4.78, 5) is 22.5. The molecule has 0 radical (unpaired) electrons. The van der Waals surface area contributed by atoms with Crippen LogP contribution in [0.1, 0.15) is 0 Å². The van der Waals surface area contributed by atoms with Crippen molar-refractivity contribution < 1.29 is 24.9 Å². The number of aldehydes is 1. The third-order valence-electron chi connectivity index (χ3n) is 0.571. The van der Waals surface area contributed by atoms with E-state index in [2.05, 4.69) is 4.84 Å². The van der Waals surface area contributed by atoms with Gasteiger partial charge in [-0.25, -0.2) is 0 Å². The van der Waals surface area contributed by atoms with Crippen molar-refractivity contribution in [1.82, 2.24) is 0 Å². The molecule has 0 fully saturated rings. The standard InChI is InChI=1S/C3H5NO6/c5-1-3(6,7)2-10-4(8)9/h1,6-7H,2H2. The summed E-state index contributed by atoms with van der Waals surface area (Å²) < 4.78 is 0. The van der Waals surface area contributed by atoms with Crippen LogP contribution in [-0.2, 0) is 9.63 Å². The number of hydrogen-bond donors (Lipinski definition) is 2. The third-order valence-corrected chi connectivity index (χ3v) is 0.571. The van der Waals surface area contributed by atoms with Crippen LogP contribution in [0.25, 0.3) is 0 Å². The first-order valence-corrected chi connectivity index (χ1v) is 2.16. The molecule has 2 N–H and O–H groups in total. The molecule has 0 unspecified atom stereocenters. The lowest BCUT2D eigenvalue weighted by atomic mass is 10.3. The maximum absolute atomic E-state index is 9.64. The van der Waals surface area contributed by atoms with Crippen molar-refractivity contribution in [2.24, 2.45) is 0 Å². The zero-order chi connectivity index (χ0) is 8.20. The van der Waals surface area contributed by atoms with Crippen molar-refractivity contribution in [3.05, 3.63) is 10.1 Å². The molecule has 0 aromatic carbocycles. The molecule has 0 saturated carbocycles. The molecule has 0 amide bonds. The molecular weight excluding hydrogens is 146 g/mol. The summed E-state index contributed by atoms with van der Waals surface area (Å²) in [6, 6.07) is 0. The predicted octanol–water partition coefficient (Wildman–Crippen LogP) is -1.93. The molecule has 0 bridgehead atoms. The molecule has 7 heteroatoms. The van der Waals surface area contributed by atoms with Crippen molar-refractivity contribution >= 4 is 6.29 Å². The van der Waals surface area contributed by atoms with Gasteiger partial charge < -0.3 is 15.1 Å². The van der Waals surface area contributed by atoms with Gasteiger partial charge >= 0.3 is 0 Å². The predicted molar refractivity (Wildman–Crippen MR) is 26.2 cm³/mol. The van der Waals surface area contributed by atoms with Gasteiger partial charge in [0.15, 0.2) is 12.9 Å². The lowest BCUT2D eigenvalue weighted by molar-refractivity contribution is -0.762. The molecular formula is C3H5NO6. The van der Waals surface area contributed by atoms with Gasteiger partial charge in [-0.2, -0.15) is 0 Å². The first-order chi connectivity index (χ1) is 4.48. The van der Waals surface area contributed by atoms with Crippen LogP contribution in [0.15, 0.2) is 0 Å². The van der Waals surface area contributed by atoms with E-state index in [-0.39, 0.29) is 6.29 Å². The number of nitrogens with zero attached hydrogens (tertiary/aromatic N) is 1. The quantitative estimate of drug-likeness (QED) is 0.209. The Labute approximate surface area is 54.9 Å². The Balaban J connectivity index is 3.67.